The van der Waals surface area contributed by atoms with Crippen LogP contribution in [-0.4, -0.2) is 0 Å². The van der Waals surface area contributed by atoms with Crippen molar-refractivity contribution in [3.63, 3.8) is 0 Å². The van der Waals surface area contributed by atoms with E-state index >= 15 is 0 Å². The third-order valence-electron chi connectivity index (χ3n) is 2.53. The van der Waals surface area contributed by atoms with Crippen molar-refractivity contribution in [1.82, 2.24) is 0 Å². The van der Waals surface area contributed by atoms with Crippen molar-refractivity contribution in [2.45, 2.75) is 6.16 Å². The van der Waals surface area contributed by atoms with E-state index < -0.39 is 0 Å². The van der Waals surface area contributed by atoms with Gasteiger partial charge in [0, 0.05) is 0 Å². The minimum atomic E-state index is 1.07. The summed E-state index contributed by atoms with van der Waals surface area (Å²) in [7, 11) is 2.21. The smallest absolute Gasteiger partial charge is 0.00486 e. The third-order valence-corrected chi connectivity index (χ3v) is 5.84. The number of hydrogen-bond donors (Lipinski definition) is 0. The van der Waals surface area contributed by atoms with Crippen LogP contribution < -0.4 is 5.30 Å². The Labute approximate surface area is 81.2 Å². The molecular weight excluding hydrogens is 194 g/mol. The molecule has 0 N–H and O–H groups in total. The molecule has 1 heterocycles. The van der Waals surface area contributed by atoms with Gasteiger partial charge in [-0.25, -0.2) is 0 Å². The zero-order valence-corrected chi connectivity index (χ0v) is 9.17. The van der Waals surface area contributed by atoms with Crippen LogP contribution in [0.25, 0.3) is 10.8 Å². The molecule has 2 aromatic carbocycles. The molecule has 64 valence electrons. The highest BCUT2D eigenvalue weighted by atomic mass is 32.0. The lowest BCUT2D eigenvalue weighted by Gasteiger charge is -2.03. The topological polar surface area (TPSA) is 0 Å². The first-order valence-electron chi connectivity index (χ1n) is 4.45. The van der Waals surface area contributed by atoms with Crippen molar-refractivity contribution < 1.29 is 0 Å². The average molecular weight is 204 g/mol. The highest BCUT2D eigenvalue weighted by molar-refractivity contribution is 8.15. The van der Waals surface area contributed by atoms with Gasteiger partial charge in [-0.05, 0) is 27.8 Å². The number of hydrogen-bond acceptors (Lipinski definition) is 0. The summed E-state index contributed by atoms with van der Waals surface area (Å²) < 4.78 is 0. The van der Waals surface area contributed by atoms with Crippen LogP contribution in [0.5, 0.6) is 0 Å². The molecule has 1 aliphatic rings. The maximum Gasteiger partial charge on any atom is -0.00486 e. The molecule has 0 aromatic heterocycles. The van der Waals surface area contributed by atoms with E-state index in [1.807, 2.05) is 0 Å². The predicted molar refractivity (Wildman–Crippen MR) is 63.9 cm³/mol. The maximum absolute atomic E-state index is 2.32. The normalized spacial score (nSPS) is 18.5. The first-order valence-corrected chi connectivity index (χ1v) is 7.65. The fourth-order valence-corrected chi connectivity index (χ4v) is 5.49. The van der Waals surface area contributed by atoms with Gasteiger partial charge in [-0.2, -0.15) is 0 Å². The summed E-state index contributed by atoms with van der Waals surface area (Å²) in [4.78, 5) is 0. The lowest BCUT2D eigenvalue weighted by atomic mass is 10.1. The van der Waals surface area contributed by atoms with E-state index in [2.05, 4.69) is 36.4 Å². The standard InChI is InChI=1S/C11H10P2/c1-2-4-9-8(3-1)5-6-11-10(9)7-12-13-11/h1-6,12-13H,7H2. The lowest BCUT2D eigenvalue weighted by Crippen LogP contribution is -1.96. The summed E-state index contributed by atoms with van der Waals surface area (Å²) in [6, 6.07) is 13.3. The molecule has 0 radical (unpaired) electrons. The molecule has 0 amide bonds. The van der Waals surface area contributed by atoms with Gasteiger partial charge in [0.25, 0.3) is 0 Å². The average Bonchev–Trinajstić information content (AvgIpc) is 2.65. The van der Waals surface area contributed by atoms with E-state index in [9.17, 15) is 0 Å². The van der Waals surface area contributed by atoms with Crippen LogP contribution in [0.4, 0.5) is 0 Å². The van der Waals surface area contributed by atoms with Crippen molar-refractivity contribution in [2.24, 2.45) is 0 Å². The monoisotopic (exact) mass is 204 g/mol. The molecule has 2 unspecified atom stereocenters. The van der Waals surface area contributed by atoms with Gasteiger partial charge in [-0.1, -0.05) is 52.9 Å². The van der Waals surface area contributed by atoms with Crippen LogP contribution in [0.15, 0.2) is 36.4 Å². The Bertz CT molecular complexity index is 463. The summed E-state index contributed by atoms with van der Waals surface area (Å²) in [6.45, 7) is 0. The molecule has 0 aliphatic carbocycles. The summed E-state index contributed by atoms with van der Waals surface area (Å²) in [5.74, 6) is 0. The number of benzene rings is 2. The molecule has 0 bridgehead atoms. The minimum absolute atomic E-state index is 1.07. The van der Waals surface area contributed by atoms with Crippen molar-refractivity contribution >= 4 is 32.6 Å². The number of fused-ring (bicyclic) bond motifs is 3. The molecule has 1 aliphatic heterocycles. The molecule has 0 saturated heterocycles. The largest absolute Gasteiger partial charge is 0.0901 e. The molecule has 0 fully saturated rings. The van der Waals surface area contributed by atoms with Crippen LogP contribution >= 0.6 is 16.5 Å². The quantitative estimate of drug-likeness (QED) is 0.578. The van der Waals surface area contributed by atoms with Gasteiger partial charge >= 0.3 is 0 Å². The first kappa shape index (κ1) is 7.92. The third kappa shape index (κ3) is 1.21. The molecule has 0 spiro atoms. The highest BCUT2D eigenvalue weighted by Crippen LogP contribution is 2.47. The Balaban J connectivity index is 2.43. The van der Waals surface area contributed by atoms with Gasteiger partial charge in [0.1, 0.15) is 0 Å². The van der Waals surface area contributed by atoms with Gasteiger partial charge < -0.3 is 0 Å². The van der Waals surface area contributed by atoms with Gasteiger partial charge in [-0.15, -0.1) is 0 Å². The van der Waals surface area contributed by atoms with Crippen molar-refractivity contribution in [3.8, 4) is 0 Å². The SMILES string of the molecule is c1ccc2c3c(ccc2c1)PPC3. The molecule has 2 aromatic rings. The van der Waals surface area contributed by atoms with Crippen molar-refractivity contribution in [2.75, 3.05) is 0 Å². The minimum Gasteiger partial charge on any atom is -0.0901 e. The lowest BCUT2D eigenvalue weighted by molar-refractivity contribution is 1.52. The summed E-state index contributed by atoms with van der Waals surface area (Å²) in [5.41, 5.74) is 1.62. The Morgan fingerprint density at radius 3 is 2.92 bits per heavy atom. The Hall–Kier alpha value is -0.440. The van der Waals surface area contributed by atoms with E-state index in [0.29, 0.717) is 0 Å². The Morgan fingerprint density at radius 1 is 1.00 bits per heavy atom. The fraction of sp³-hybridized carbons (Fsp3) is 0.0909. The predicted octanol–water partition coefficient (Wildman–Crippen LogP) is 3.25. The summed E-state index contributed by atoms with van der Waals surface area (Å²) in [6.07, 6.45) is 1.31. The highest BCUT2D eigenvalue weighted by Gasteiger charge is 2.12. The van der Waals surface area contributed by atoms with Crippen molar-refractivity contribution in [3.05, 3.63) is 42.0 Å². The maximum atomic E-state index is 2.32. The van der Waals surface area contributed by atoms with Crippen LogP contribution in [0.3, 0.4) is 0 Å². The van der Waals surface area contributed by atoms with E-state index in [0.717, 1.165) is 16.5 Å². The van der Waals surface area contributed by atoms with Gasteiger partial charge in [-0.3, -0.25) is 0 Å². The van der Waals surface area contributed by atoms with Crippen molar-refractivity contribution in [1.29, 1.82) is 0 Å². The molecule has 2 atom stereocenters. The summed E-state index contributed by atoms with van der Waals surface area (Å²) >= 11 is 0. The molecule has 13 heavy (non-hydrogen) atoms. The van der Waals surface area contributed by atoms with Crippen LogP contribution in [0.2, 0.25) is 0 Å². The van der Waals surface area contributed by atoms with E-state index in [1.54, 1.807) is 10.9 Å². The van der Waals surface area contributed by atoms with E-state index in [4.69, 9.17) is 0 Å². The van der Waals surface area contributed by atoms with Crippen LogP contribution in [0.1, 0.15) is 5.56 Å². The second-order valence-electron chi connectivity index (χ2n) is 3.29. The van der Waals surface area contributed by atoms with Gasteiger partial charge in [0.05, 0.1) is 0 Å². The Kier molecular flexibility index (Phi) is 1.86. The molecule has 0 nitrogen and oxygen atoms in total. The van der Waals surface area contributed by atoms with Gasteiger partial charge in [0.15, 0.2) is 0 Å². The fourth-order valence-electron chi connectivity index (χ4n) is 1.87. The first-order chi connectivity index (χ1) is 6.45. The van der Waals surface area contributed by atoms with Crippen LogP contribution in [0, 0.1) is 0 Å². The zero-order chi connectivity index (χ0) is 8.67. The van der Waals surface area contributed by atoms with Crippen LogP contribution in [-0.2, 0) is 6.16 Å². The molecule has 2 heteroatoms. The second kappa shape index (κ2) is 3.05. The second-order valence-corrected chi connectivity index (χ2v) is 6.60. The summed E-state index contributed by atoms with van der Waals surface area (Å²) in [5, 5.41) is 4.49. The van der Waals surface area contributed by atoms with E-state index in [1.165, 1.54) is 16.9 Å². The van der Waals surface area contributed by atoms with Gasteiger partial charge in [0.2, 0.25) is 0 Å². The molecular formula is C11H10P2. The molecule has 3 rings (SSSR count). The Morgan fingerprint density at radius 2 is 1.92 bits per heavy atom. The van der Waals surface area contributed by atoms with E-state index in [-0.39, 0.29) is 0 Å². The zero-order valence-electron chi connectivity index (χ0n) is 7.17. The number of rotatable bonds is 0. The molecule has 0 saturated carbocycles.